The topological polar surface area (TPSA) is 78.7 Å². The SMILES string of the molecule is Cc1ccc([N+](=O)[O-])c(OC2CCOC2=O)c1. The lowest BCUT2D eigenvalue weighted by Gasteiger charge is -2.10. The summed E-state index contributed by atoms with van der Waals surface area (Å²) in [7, 11) is 0. The fourth-order valence-electron chi connectivity index (χ4n) is 1.60. The summed E-state index contributed by atoms with van der Waals surface area (Å²) in [5.41, 5.74) is 0.687. The molecule has 1 heterocycles. The standard InChI is InChI=1S/C11H11NO5/c1-7-2-3-8(12(14)15)10(6-7)17-9-4-5-16-11(9)13/h2-3,6,9H,4-5H2,1H3. The number of nitro groups is 1. The van der Waals surface area contributed by atoms with E-state index in [1.807, 2.05) is 0 Å². The number of hydrogen-bond acceptors (Lipinski definition) is 5. The molecule has 0 spiro atoms. The summed E-state index contributed by atoms with van der Waals surface area (Å²) in [6, 6.07) is 4.53. The number of ether oxygens (including phenoxy) is 2. The van der Waals surface area contributed by atoms with Crippen molar-refractivity contribution in [2.75, 3.05) is 6.61 Å². The normalized spacial score (nSPS) is 18.9. The van der Waals surface area contributed by atoms with E-state index in [1.165, 1.54) is 6.07 Å². The van der Waals surface area contributed by atoms with Gasteiger partial charge < -0.3 is 9.47 Å². The molecule has 6 heteroatoms. The molecule has 1 aliphatic heterocycles. The molecule has 0 aromatic heterocycles. The Kier molecular flexibility index (Phi) is 2.95. The van der Waals surface area contributed by atoms with Crippen LogP contribution in [-0.4, -0.2) is 23.6 Å². The average molecular weight is 237 g/mol. The second-order valence-electron chi connectivity index (χ2n) is 3.79. The molecule has 1 fully saturated rings. The van der Waals surface area contributed by atoms with Crippen molar-refractivity contribution in [3.8, 4) is 5.75 Å². The summed E-state index contributed by atoms with van der Waals surface area (Å²) in [4.78, 5) is 21.5. The zero-order valence-corrected chi connectivity index (χ0v) is 9.21. The third-order valence-corrected chi connectivity index (χ3v) is 2.47. The van der Waals surface area contributed by atoms with Gasteiger partial charge in [-0.2, -0.15) is 0 Å². The van der Waals surface area contributed by atoms with Crippen LogP contribution < -0.4 is 4.74 Å². The van der Waals surface area contributed by atoms with E-state index in [1.54, 1.807) is 19.1 Å². The summed E-state index contributed by atoms with van der Waals surface area (Å²) in [5.74, 6) is -0.361. The van der Waals surface area contributed by atoms with E-state index >= 15 is 0 Å². The van der Waals surface area contributed by atoms with Gasteiger partial charge in [0.25, 0.3) is 0 Å². The maximum Gasteiger partial charge on any atom is 0.347 e. The van der Waals surface area contributed by atoms with Crippen LogP contribution in [0.2, 0.25) is 0 Å². The Balaban J connectivity index is 2.27. The number of nitro benzene ring substituents is 1. The Hall–Kier alpha value is -2.11. The van der Waals surface area contributed by atoms with Crippen LogP contribution in [0.3, 0.4) is 0 Å². The average Bonchev–Trinajstić information content (AvgIpc) is 2.64. The van der Waals surface area contributed by atoms with E-state index < -0.39 is 17.0 Å². The highest BCUT2D eigenvalue weighted by atomic mass is 16.6. The number of cyclic esters (lactones) is 1. The first-order valence-corrected chi connectivity index (χ1v) is 5.16. The molecule has 1 aromatic rings. The molecule has 6 nitrogen and oxygen atoms in total. The maximum atomic E-state index is 11.2. The summed E-state index contributed by atoms with van der Waals surface area (Å²) < 4.78 is 10.1. The van der Waals surface area contributed by atoms with Crippen LogP contribution in [0.4, 0.5) is 5.69 Å². The Bertz CT molecular complexity index is 471. The van der Waals surface area contributed by atoms with Crippen molar-refractivity contribution in [1.29, 1.82) is 0 Å². The number of aryl methyl sites for hydroxylation is 1. The molecule has 1 aromatic carbocycles. The van der Waals surface area contributed by atoms with Gasteiger partial charge in [0.05, 0.1) is 11.5 Å². The van der Waals surface area contributed by atoms with Crippen molar-refractivity contribution in [3.63, 3.8) is 0 Å². The quantitative estimate of drug-likeness (QED) is 0.453. The van der Waals surface area contributed by atoms with E-state index in [0.29, 0.717) is 13.0 Å². The molecule has 1 saturated heterocycles. The highest BCUT2D eigenvalue weighted by Gasteiger charge is 2.30. The minimum Gasteiger partial charge on any atom is -0.471 e. The third kappa shape index (κ3) is 2.35. The predicted octanol–water partition coefficient (Wildman–Crippen LogP) is 1.60. The van der Waals surface area contributed by atoms with Gasteiger partial charge in [-0.05, 0) is 18.6 Å². The third-order valence-electron chi connectivity index (χ3n) is 2.47. The zero-order chi connectivity index (χ0) is 12.4. The molecule has 2 rings (SSSR count). The fraction of sp³-hybridized carbons (Fsp3) is 0.364. The number of esters is 1. The van der Waals surface area contributed by atoms with E-state index in [4.69, 9.17) is 9.47 Å². The smallest absolute Gasteiger partial charge is 0.347 e. The lowest BCUT2D eigenvalue weighted by atomic mass is 10.2. The molecule has 90 valence electrons. The maximum absolute atomic E-state index is 11.2. The van der Waals surface area contributed by atoms with Crippen LogP contribution in [0.5, 0.6) is 5.75 Å². The summed E-state index contributed by atoms with van der Waals surface area (Å²) >= 11 is 0. The fourth-order valence-corrected chi connectivity index (χ4v) is 1.60. The van der Waals surface area contributed by atoms with Crippen molar-refractivity contribution in [3.05, 3.63) is 33.9 Å². The van der Waals surface area contributed by atoms with E-state index in [2.05, 4.69) is 0 Å². The van der Waals surface area contributed by atoms with Crippen LogP contribution in [0, 0.1) is 17.0 Å². The molecule has 1 atom stereocenters. The Labute approximate surface area is 97.3 Å². The van der Waals surface area contributed by atoms with Gasteiger partial charge in [0, 0.05) is 12.5 Å². The second kappa shape index (κ2) is 4.40. The largest absolute Gasteiger partial charge is 0.471 e. The highest BCUT2D eigenvalue weighted by molar-refractivity contribution is 5.77. The molecule has 0 aliphatic carbocycles. The van der Waals surface area contributed by atoms with Crippen LogP contribution in [0.25, 0.3) is 0 Å². The van der Waals surface area contributed by atoms with E-state index in [9.17, 15) is 14.9 Å². The van der Waals surface area contributed by atoms with Crippen LogP contribution in [0.1, 0.15) is 12.0 Å². The first-order valence-electron chi connectivity index (χ1n) is 5.16. The second-order valence-corrected chi connectivity index (χ2v) is 3.79. The van der Waals surface area contributed by atoms with Crippen LogP contribution >= 0.6 is 0 Å². The molecule has 0 radical (unpaired) electrons. The summed E-state index contributed by atoms with van der Waals surface area (Å²) in [5, 5.41) is 10.8. The molecule has 0 bridgehead atoms. The summed E-state index contributed by atoms with van der Waals surface area (Å²) in [6.07, 6.45) is -0.320. The van der Waals surface area contributed by atoms with Crippen molar-refractivity contribution in [2.24, 2.45) is 0 Å². The predicted molar refractivity (Wildman–Crippen MR) is 57.8 cm³/mol. The molecule has 17 heavy (non-hydrogen) atoms. The Morgan fingerprint density at radius 2 is 2.29 bits per heavy atom. The number of carbonyl (C=O) groups excluding carboxylic acids is 1. The van der Waals surface area contributed by atoms with Gasteiger partial charge in [-0.1, -0.05) is 6.07 Å². The lowest BCUT2D eigenvalue weighted by molar-refractivity contribution is -0.386. The van der Waals surface area contributed by atoms with Gasteiger partial charge in [-0.15, -0.1) is 0 Å². The van der Waals surface area contributed by atoms with Crippen molar-refractivity contribution in [1.82, 2.24) is 0 Å². The van der Waals surface area contributed by atoms with Gasteiger partial charge >= 0.3 is 11.7 Å². The lowest BCUT2D eigenvalue weighted by Crippen LogP contribution is -2.22. The van der Waals surface area contributed by atoms with Gasteiger partial charge in [0.15, 0.2) is 11.9 Å². The number of carbonyl (C=O) groups is 1. The first-order chi connectivity index (χ1) is 8.08. The highest BCUT2D eigenvalue weighted by Crippen LogP contribution is 2.30. The molecule has 1 aliphatic rings. The van der Waals surface area contributed by atoms with Gasteiger partial charge in [-0.3, -0.25) is 10.1 Å². The monoisotopic (exact) mass is 237 g/mol. The van der Waals surface area contributed by atoms with Gasteiger partial charge in [0.2, 0.25) is 0 Å². The van der Waals surface area contributed by atoms with Gasteiger partial charge in [0.1, 0.15) is 0 Å². The van der Waals surface area contributed by atoms with E-state index in [0.717, 1.165) is 5.56 Å². The molecular formula is C11H11NO5. The van der Waals surface area contributed by atoms with Crippen LogP contribution in [0.15, 0.2) is 18.2 Å². The van der Waals surface area contributed by atoms with Gasteiger partial charge in [-0.25, -0.2) is 4.79 Å². The van der Waals surface area contributed by atoms with E-state index in [-0.39, 0.29) is 11.4 Å². The number of nitrogens with zero attached hydrogens (tertiary/aromatic N) is 1. The van der Waals surface area contributed by atoms with Crippen molar-refractivity contribution >= 4 is 11.7 Å². The first kappa shape index (κ1) is 11.4. The minimum absolute atomic E-state index is 0.110. The van der Waals surface area contributed by atoms with Crippen molar-refractivity contribution in [2.45, 2.75) is 19.4 Å². The molecule has 0 amide bonds. The molecule has 1 unspecified atom stereocenters. The minimum atomic E-state index is -0.740. The zero-order valence-electron chi connectivity index (χ0n) is 9.21. The summed E-state index contributed by atoms with van der Waals surface area (Å²) in [6.45, 7) is 2.09. The van der Waals surface area contributed by atoms with Crippen molar-refractivity contribution < 1.29 is 19.2 Å². The number of benzene rings is 1. The molecule has 0 saturated carbocycles. The Morgan fingerprint density at radius 3 is 2.88 bits per heavy atom. The Morgan fingerprint density at radius 1 is 1.53 bits per heavy atom. The molecule has 0 N–H and O–H groups in total. The van der Waals surface area contributed by atoms with Crippen LogP contribution in [-0.2, 0) is 9.53 Å². The molecular weight excluding hydrogens is 226 g/mol. The number of rotatable bonds is 3. The number of hydrogen-bond donors (Lipinski definition) is 0.